The molecule has 2 N–H and O–H groups in total. The lowest BCUT2D eigenvalue weighted by atomic mass is 9.85. The fourth-order valence-electron chi connectivity index (χ4n) is 3.45. The summed E-state index contributed by atoms with van der Waals surface area (Å²) >= 11 is 0. The first kappa shape index (κ1) is 19.1. The average Bonchev–Trinajstić information content (AvgIpc) is 3.11. The first-order valence-corrected chi connectivity index (χ1v) is 9.31. The summed E-state index contributed by atoms with van der Waals surface area (Å²) in [6.45, 7) is 5.02. The molecule has 1 fully saturated rings. The monoisotopic (exact) mass is 366 g/mol. The van der Waals surface area contributed by atoms with Gasteiger partial charge < -0.3 is 10.4 Å². The van der Waals surface area contributed by atoms with E-state index in [-0.39, 0.29) is 11.9 Å². The topological polar surface area (TPSA) is 69.6 Å². The lowest BCUT2D eigenvalue weighted by Crippen LogP contribution is -2.39. The molecule has 1 unspecified atom stereocenters. The standard InChI is InChI=1S/C22H26N2O3/c1-22(2,21(26)27)17-10-12-18(13-11-17)23-20(25)19-9-6-14-24(19)15-16-7-4-3-5-8-16/h3-5,7-8,10-13,19H,6,9,14-15H2,1-2H3,(H,23,25)(H,26,27). The van der Waals surface area contributed by atoms with Gasteiger partial charge in [-0.15, -0.1) is 0 Å². The molecule has 0 saturated carbocycles. The minimum atomic E-state index is -0.958. The minimum absolute atomic E-state index is 0.00586. The normalized spacial score (nSPS) is 17.6. The van der Waals surface area contributed by atoms with Crippen molar-refractivity contribution in [1.29, 1.82) is 0 Å². The summed E-state index contributed by atoms with van der Waals surface area (Å²) in [5.41, 5.74) is 1.65. The van der Waals surface area contributed by atoms with E-state index < -0.39 is 11.4 Å². The smallest absolute Gasteiger partial charge is 0.313 e. The van der Waals surface area contributed by atoms with Crippen LogP contribution in [0, 0.1) is 0 Å². The highest BCUT2D eigenvalue weighted by Gasteiger charge is 2.31. The van der Waals surface area contributed by atoms with Crippen LogP contribution in [0.25, 0.3) is 0 Å². The number of hydrogen-bond acceptors (Lipinski definition) is 3. The number of rotatable bonds is 6. The van der Waals surface area contributed by atoms with Gasteiger partial charge >= 0.3 is 5.97 Å². The van der Waals surface area contributed by atoms with Crippen molar-refractivity contribution < 1.29 is 14.7 Å². The molecule has 0 bridgehead atoms. The quantitative estimate of drug-likeness (QED) is 0.819. The zero-order valence-electron chi connectivity index (χ0n) is 15.8. The lowest BCUT2D eigenvalue weighted by Gasteiger charge is -2.24. The number of carboxylic acids is 1. The van der Waals surface area contributed by atoms with Crippen LogP contribution in [0.5, 0.6) is 0 Å². The molecule has 142 valence electrons. The van der Waals surface area contributed by atoms with E-state index in [0.29, 0.717) is 11.3 Å². The second kappa shape index (κ2) is 7.92. The largest absolute Gasteiger partial charge is 0.481 e. The van der Waals surface area contributed by atoms with Crippen LogP contribution in [0.4, 0.5) is 5.69 Å². The number of carbonyl (C=O) groups is 2. The molecular weight excluding hydrogens is 340 g/mol. The number of carboxylic acid groups (broad SMARTS) is 1. The molecule has 0 aromatic heterocycles. The average molecular weight is 366 g/mol. The van der Waals surface area contributed by atoms with E-state index >= 15 is 0 Å². The van der Waals surface area contributed by atoms with Crippen molar-refractivity contribution in [2.75, 3.05) is 11.9 Å². The number of nitrogens with zero attached hydrogens (tertiary/aromatic N) is 1. The van der Waals surface area contributed by atoms with Crippen LogP contribution in [0.3, 0.4) is 0 Å². The highest BCUT2D eigenvalue weighted by atomic mass is 16.4. The molecule has 27 heavy (non-hydrogen) atoms. The van der Waals surface area contributed by atoms with Crippen LogP contribution in [-0.2, 0) is 21.5 Å². The maximum absolute atomic E-state index is 12.8. The summed E-state index contributed by atoms with van der Waals surface area (Å²) in [5.74, 6) is -0.879. The predicted octanol–water partition coefficient (Wildman–Crippen LogP) is 3.65. The third-order valence-electron chi connectivity index (χ3n) is 5.30. The third kappa shape index (κ3) is 4.37. The van der Waals surface area contributed by atoms with Gasteiger partial charge in [0, 0.05) is 12.2 Å². The maximum Gasteiger partial charge on any atom is 0.313 e. The fraction of sp³-hybridized carbons (Fsp3) is 0.364. The molecule has 1 heterocycles. The Hall–Kier alpha value is -2.66. The van der Waals surface area contributed by atoms with Crippen molar-refractivity contribution >= 4 is 17.6 Å². The van der Waals surface area contributed by atoms with E-state index in [1.807, 2.05) is 18.2 Å². The number of benzene rings is 2. The van der Waals surface area contributed by atoms with Gasteiger partial charge in [0.15, 0.2) is 0 Å². The maximum atomic E-state index is 12.8. The highest BCUT2D eigenvalue weighted by molar-refractivity contribution is 5.95. The third-order valence-corrected chi connectivity index (χ3v) is 5.30. The Kier molecular flexibility index (Phi) is 5.61. The van der Waals surface area contributed by atoms with E-state index in [1.54, 1.807) is 38.1 Å². The molecule has 1 aliphatic heterocycles. The highest BCUT2D eigenvalue weighted by Crippen LogP contribution is 2.26. The van der Waals surface area contributed by atoms with Crippen LogP contribution < -0.4 is 5.32 Å². The summed E-state index contributed by atoms with van der Waals surface area (Å²) < 4.78 is 0. The van der Waals surface area contributed by atoms with Crippen LogP contribution in [0.15, 0.2) is 54.6 Å². The Labute approximate surface area is 160 Å². The summed E-state index contributed by atoms with van der Waals surface area (Å²) in [4.78, 5) is 26.3. The number of nitrogens with one attached hydrogen (secondary N) is 1. The Bertz CT molecular complexity index is 800. The number of anilines is 1. The molecule has 0 aliphatic carbocycles. The molecule has 0 spiro atoms. The summed E-state index contributed by atoms with van der Waals surface area (Å²) in [5, 5.41) is 12.3. The fourth-order valence-corrected chi connectivity index (χ4v) is 3.45. The van der Waals surface area contributed by atoms with Crippen LogP contribution in [0.1, 0.15) is 37.8 Å². The summed E-state index contributed by atoms with van der Waals surface area (Å²) in [6.07, 6.45) is 1.86. The second-order valence-electron chi connectivity index (χ2n) is 7.61. The van der Waals surface area contributed by atoms with Gasteiger partial charge in [-0.3, -0.25) is 14.5 Å². The van der Waals surface area contributed by atoms with Crippen molar-refractivity contribution in [3.63, 3.8) is 0 Å². The van der Waals surface area contributed by atoms with Gasteiger partial charge in [0.2, 0.25) is 5.91 Å². The van der Waals surface area contributed by atoms with Crippen molar-refractivity contribution in [1.82, 2.24) is 4.90 Å². The molecule has 1 amide bonds. The zero-order chi connectivity index (χ0) is 19.4. The second-order valence-corrected chi connectivity index (χ2v) is 7.61. The van der Waals surface area contributed by atoms with E-state index in [9.17, 15) is 14.7 Å². The van der Waals surface area contributed by atoms with Gasteiger partial charge in [0.25, 0.3) is 0 Å². The van der Waals surface area contributed by atoms with Gasteiger partial charge in [-0.05, 0) is 56.5 Å². The lowest BCUT2D eigenvalue weighted by molar-refractivity contribution is -0.142. The van der Waals surface area contributed by atoms with Gasteiger partial charge in [-0.2, -0.15) is 0 Å². The Morgan fingerprint density at radius 1 is 1.11 bits per heavy atom. The van der Waals surface area contributed by atoms with Crippen molar-refractivity contribution in [2.24, 2.45) is 0 Å². The van der Waals surface area contributed by atoms with Crippen LogP contribution in [0.2, 0.25) is 0 Å². The molecule has 1 saturated heterocycles. The van der Waals surface area contributed by atoms with E-state index in [2.05, 4.69) is 22.3 Å². The number of hydrogen-bond donors (Lipinski definition) is 2. The molecule has 5 nitrogen and oxygen atoms in total. The van der Waals surface area contributed by atoms with Gasteiger partial charge in [0.1, 0.15) is 0 Å². The predicted molar refractivity (Wildman–Crippen MR) is 106 cm³/mol. The molecule has 5 heteroatoms. The number of amides is 1. The number of carbonyl (C=O) groups excluding carboxylic acids is 1. The van der Waals surface area contributed by atoms with Crippen molar-refractivity contribution in [3.05, 3.63) is 65.7 Å². The molecule has 1 aliphatic rings. The molecule has 1 atom stereocenters. The summed E-state index contributed by atoms with van der Waals surface area (Å²) in [6, 6.07) is 17.1. The molecule has 0 radical (unpaired) electrons. The summed E-state index contributed by atoms with van der Waals surface area (Å²) in [7, 11) is 0. The molecule has 2 aromatic rings. The first-order chi connectivity index (χ1) is 12.9. The van der Waals surface area contributed by atoms with Gasteiger partial charge in [0.05, 0.1) is 11.5 Å². The van der Waals surface area contributed by atoms with Crippen LogP contribution >= 0.6 is 0 Å². The van der Waals surface area contributed by atoms with Crippen LogP contribution in [-0.4, -0.2) is 34.5 Å². The number of likely N-dealkylation sites (tertiary alicyclic amines) is 1. The Morgan fingerprint density at radius 2 is 1.78 bits per heavy atom. The SMILES string of the molecule is CC(C)(C(=O)O)c1ccc(NC(=O)C2CCCN2Cc2ccccc2)cc1. The molecule has 3 rings (SSSR count). The zero-order valence-corrected chi connectivity index (χ0v) is 15.8. The first-order valence-electron chi connectivity index (χ1n) is 9.31. The molecule has 2 aromatic carbocycles. The van der Waals surface area contributed by atoms with Gasteiger partial charge in [-0.25, -0.2) is 0 Å². The Morgan fingerprint density at radius 3 is 2.41 bits per heavy atom. The minimum Gasteiger partial charge on any atom is -0.481 e. The van der Waals surface area contributed by atoms with E-state index in [0.717, 1.165) is 25.9 Å². The molecular formula is C22H26N2O3. The Balaban J connectivity index is 1.65. The van der Waals surface area contributed by atoms with E-state index in [1.165, 1.54) is 5.56 Å². The van der Waals surface area contributed by atoms with Crippen molar-refractivity contribution in [2.45, 2.75) is 44.7 Å². The van der Waals surface area contributed by atoms with E-state index in [4.69, 9.17) is 0 Å². The van der Waals surface area contributed by atoms with Crippen molar-refractivity contribution in [3.8, 4) is 0 Å². The van der Waals surface area contributed by atoms with Gasteiger partial charge in [-0.1, -0.05) is 42.5 Å². The number of aliphatic carboxylic acids is 1.